The smallest absolute Gasteiger partial charge is 0.133 e. The third-order valence-corrected chi connectivity index (χ3v) is 6.95. The average Bonchev–Trinajstić information content (AvgIpc) is 2.72. The molecule has 1 atom stereocenters. The summed E-state index contributed by atoms with van der Waals surface area (Å²) in [6.45, 7) is 6.41. The van der Waals surface area contributed by atoms with Crippen LogP contribution in [0.4, 0.5) is 0 Å². The van der Waals surface area contributed by atoms with Gasteiger partial charge in [-0.2, -0.15) is 0 Å². The summed E-state index contributed by atoms with van der Waals surface area (Å²) < 4.78 is 0. The van der Waals surface area contributed by atoms with Crippen LogP contribution in [-0.4, -0.2) is 24.0 Å². The van der Waals surface area contributed by atoms with Crippen LogP contribution in [0.3, 0.4) is 0 Å². The Kier molecular flexibility index (Phi) is 9.85. The van der Waals surface area contributed by atoms with Crippen molar-refractivity contribution in [3.05, 3.63) is 35.4 Å². The molecule has 0 aromatic heterocycles. The second kappa shape index (κ2) is 11.9. The number of rotatable bonds is 12. The van der Waals surface area contributed by atoms with Gasteiger partial charge in [0.05, 0.1) is 6.10 Å². The fourth-order valence-electron chi connectivity index (χ4n) is 4.84. The first-order chi connectivity index (χ1) is 13.9. The minimum atomic E-state index is -0.443. The molecule has 0 saturated heterocycles. The zero-order valence-electron chi connectivity index (χ0n) is 19.2. The number of aliphatic hydroxyl groups excluding tert-OH is 1. The Bertz CT molecular complexity index is 600. The van der Waals surface area contributed by atoms with Crippen LogP contribution in [0.1, 0.15) is 102 Å². The van der Waals surface area contributed by atoms with Crippen LogP contribution in [0.15, 0.2) is 24.3 Å². The fraction of sp³-hybridized carbons (Fsp3) is 0.731. The molecule has 1 saturated carbocycles. The lowest BCUT2D eigenvalue weighted by molar-refractivity contribution is -0.119. The molecule has 1 aliphatic rings. The predicted molar refractivity (Wildman–Crippen MR) is 122 cm³/mol. The van der Waals surface area contributed by atoms with E-state index in [9.17, 15) is 9.90 Å². The van der Waals surface area contributed by atoms with Gasteiger partial charge in [0, 0.05) is 18.9 Å². The highest BCUT2D eigenvalue weighted by Gasteiger charge is 2.28. The number of carbonyl (C=O) groups excluding carboxylic acids is 1. The molecule has 1 fully saturated rings. The van der Waals surface area contributed by atoms with Crippen molar-refractivity contribution in [1.82, 2.24) is 5.32 Å². The molecule has 3 heteroatoms. The molecule has 1 aromatic carbocycles. The van der Waals surface area contributed by atoms with Crippen molar-refractivity contribution < 1.29 is 9.90 Å². The molecule has 0 heterocycles. The minimum absolute atomic E-state index is 0.113. The molecule has 0 bridgehead atoms. The predicted octanol–water partition coefficient (Wildman–Crippen LogP) is 6.00. The summed E-state index contributed by atoms with van der Waals surface area (Å²) in [4.78, 5) is 12.3. The second-order valence-electron chi connectivity index (χ2n) is 9.82. The largest absolute Gasteiger partial charge is 0.388 e. The van der Waals surface area contributed by atoms with Crippen LogP contribution in [0.25, 0.3) is 0 Å². The first kappa shape index (κ1) is 24.1. The maximum absolute atomic E-state index is 12.3. The SMILES string of the molecule is CCCC(C)(C)C(O)c1ccc(CCC(=O)CCCC2CCC(NC)CC2)cc1. The van der Waals surface area contributed by atoms with Gasteiger partial charge in [0.1, 0.15) is 5.78 Å². The number of Topliss-reactive ketones (excluding diaryl/α,β-unsaturated/α-hetero) is 1. The summed E-state index contributed by atoms with van der Waals surface area (Å²) in [5, 5.41) is 14.0. The summed E-state index contributed by atoms with van der Waals surface area (Å²) in [6.07, 6.45) is 11.3. The molecule has 0 spiro atoms. The van der Waals surface area contributed by atoms with E-state index in [1.807, 2.05) is 12.1 Å². The van der Waals surface area contributed by atoms with Gasteiger partial charge in [-0.15, -0.1) is 0 Å². The van der Waals surface area contributed by atoms with Crippen LogP contribution in [0.2, 0.25) is 0 Å². The molecule has 0 aliphatic heterocycles. The fourth-order valence-corrected chi connectivity index (χ4v) is 4.84. The van der Waals surface area contributed by atoms with Gasteiger partial charge < -0.3 is 10.4 Å². The zero-order valence-corrected chi connectivity index (χ0v) is 19.2. The summed E-state index contributed by atoms with van der Waals surface area (Å²) in [5.74, 6) is 1.21. The Morgan fingerprint density at radius 3 is 2.38 bits per heavy atom. The quantitative estimate of drug-likeness (QED) is 0.452. The third-order valence-electron chi connectivity index (χ3n) is 6.95. The van der Waals surface area contributed by atoms with Crippen LogP contribution in [0.5, 0.6) is 0 Å². The van der Waals surface area contributed by atoms with E-state index in [-0.39, 0.29) is 5.41 Å². The van der Waals surface area contributed by atoms with E-state index < -0.39 is 6.10 Å². The van der Waals surface area contributed by atoms with Crippen molar-refractivity contribution in [2.45, 2.75) is 104 Å². The molecule has 29 heavy (non-hydrogen) atoms. The Hall–Kier alpha value is -1.19. The highest BCUT2D eigenvalue weighted by atomic mass is 16.3. The van der Waals surface area contributed by atoms with E-state index in [1.54, 1.807) is 0 Å². The van der Waals surface area contributed by atoms with Crippen molar-refractivity contribution in [3.63, 3.8) is 0 Å². The first-order valence-corrected chi connectivity index (χ1v) is 11.8. The number of aliphatic hydroxyl groups is 1. The molecule has 1 aliphatic carbocycles. The van der Waals surface area contributed by atoms with E-state index in [2.05, 4.69) is 45.3 Å². The van der Waals surface area contributed by atoms with Crippen molar-refractivity contribution in [1.29, 1.82) is 0 Å². The van der Waals surface area contributed by atoms with Crippen molar-refractivity contribution in [3.8, 4) is 0 Å². The maximum Gasteiger partial charge on any atom is 0.133 e. The van der Waals surface area contributed by atoms with E-state index in [0.717, 1.165) is 43.6 Å². The molecule has 0 amide bonds. The molecule has 2 N–H and O–H groups in total. The number of benzene rings is 1. The first-order valence-electron chi connectivity index (χ1n) is 11.8. The molecule has 0 radical (unpaired) electrons. The Labute approximate surface area is 178 Å². The third kappa shape index (κ3) is 7.86. The summed E-state index contributed by atoms with van der Waals surface area (Å²) in [6, 6.07) is 8.92. The van der Waals surface area contributed by atoms with E-state index >= 15 is 0 Å². The van der Waals surface area contributed by atoms with Crippen molar-refractivity contribution >= 4 is 5.78 Å². The standard InChI is InChI=1S/C26H43NO2/c1-5-19-26(2,3)25(29)22-14-9-21(10-15-22)13-18-24(28)8-6-7-20-11-16-23(27-4)17-12-20/h9-10,14-15,20,23,25,27,29H,5-8,11-13,16-19H2,1-4H3. The van der Waals surface area contributed by atoms with Gasteiger partial charge in [0.15, 0.2) is 0 Å². The van der Waals surface area contributed by atoms with Crippen LogP contribution < -0.4 is 5.32 Å². The van der Waals surface area contributed by atoms with Crippen LogP contribution in [0, 0.1) is 11.3 Å². The minimum Gasteiger partial charge on any atom is -0.388 e. The van der Waals surface area contributed by atoms with Gasteiger partial charge in [-0.1, -0.05) is 57.9 Å². The number of hydrogen-bond donors (Lipinski definition) is 2. The number of hydrogen-bond acceptors (Lipinski definition) is 3. The molecular formula is C26H43NO2. The van der Waals surface area contributed by atoms with Gasteiger partial charge in [-0.25, -0.2) is 0 Å². The van der Waals surface area contributed by atoms with E-state index in [4.69, 9.17) is 0 Å². The monoisotopic (exact) mass is 401 g/mol. The van der Waals surface area contributed by atoms with Crippen molar-refractivity contribution in [2.75, 3.05) is 7.05 Å². The molecule has 164 valence electrons. The summed E-state index contributed by atoms with van der Waals surface area (Å²) >= 11 is 0. The number of ketones is 1. The lowest BCUT2D eigenvalue weighted by Gasteiger charge is -2.30. The number of nitrogens with one attached hydrogen (secondary N) is 1. The Morgan fingerprint density at radius 2 is 1.79 bits per heavy atom. The van der Waals surface area contributed by atoms with Gasteiger partial charge >= 0.3 is 0 Å². The van der Waals surface area contributed by atoms with Gasteiger partial charge in [0.2, 0.25) is 0 Å². The van der Waals surface area contributed by atoms with Gasteiger partial charge in [-0.3, -0.25) is 4.79 Å². The Balaban J connectivity index is 1.68. The lowest BCUT2D eigenvalue weighted by Crippen LogP contribution is -2.30. The zero-order chi connectivity index (χ0) is 21.3. The van der Waals surface area contributed by atoms with Crippen LogP contribution in [-0.2, 0) is 11.2 Å². The van der Waals surface area contributed by atoms with Crippen LogP contribution >= 0.6 is 0 Å². The molecule has 2 rings (SSSR count). The van der Waals surface area contributed by atoms with Gasteiger partial charge in [0.25, 0.3) is 0 Å². The molecule has 3 nitrogen and oxygen atoms in total. The van der Waals surface area contributed by atoms with E-state index in [0.29, 0.717) is 18.2 Å². The number of aryl methyl sites for hydroxylation is 1. The van der Waals surface area contributed by atoms with E-state index in [1.165, 1.54) is 37.7 Å². The Morgan fingerprint density at radius 1 is 1.14 bits per heavy atom. The highest BCUT2D eigenvalue weighted by molar-refractivity contribution is 5.78. The average molecular weight is 402 g/mol. The summed E-state index contributed by atoms with van der Waals surface area (Å²) in [5.41, 5.74) is 2.05. The highest BCUT2D eigenvalue weighted by Crippen LogP contribution is 2.37. The maximum atomic E-state index is 12.3. The lowest BCUT2D eigenvalue weighted by atomic mass is 9.79. The summed E-state index contributed by atoms with van der Waals surface area (Å²) in [7, 11) is 2.06. The molecular weight excluding hydrogens is 358 g/mol. The topological polar surface area (TPSA) is 49.3 Å². The molecule has 1 unspecified atom stereocenters. The van der Waals surface area contributed by atoms with Gasteiger partial charge in [-0.05, 0) is 74.5 Å². The number of carbonyl (C=O) groups is 1. The van der Waals surface area contributed by atoms with Crippen molar-refractivity contribution in [2.24, 2.45) is 11.3 Å². The second-order valence-corrected chi connectivity index (χ2v) is 9.82. The molecule has 1 aromatic rings. The normalized spacial score (nSPS) is 21.1.